The molecule has 0 heterocycles. The summed E-state index contributed by atoms with van der Waals surface area (Å²) in [6, 6.07) is 22.9. The van der Waals surface area contributed by atoms with Gasteiger partial charge < -0.3 is 14.8 Å². The Kier molecular flexibility index (Phi) is 7.31. The van der Waals surface area contributed by atoms with Gasteiger partial charge in [0.2, 0.25) is 0 Å². The third-order valence-electron chi connectivity index (χ3n) is 5.44. The number of amides is 1. The minimum atomic E-state index is -3.58. The van der Waals surface area contributed by atoms with Gasteiger partial charge in [0.15, 0.2) is 9.84 Å². The lowest BCUT2D eigenvalue weighted by molar-refractivity contribution is 0.102. The Balaban J connectivity index is 1.52. The van der Waals surface area contributed by atoms with Gasteiger partial charge in [0, 0.05) is 0 Å². The summed E-state index contributed by atoms with van der Waals surface area (Å²) in [6.07, 6.45) is 0.195. The zero-order valence-corrected chi connectivity index (χ0v) is 19.8. The molecule has 1 N–H and O–H groups in total. The summed E-state index contributed by atoms with van der Waals surface area (Å²) in [5.74, 6) is -0.184. The Morgan fingerprint density at radius 3 is 2.26 bits per heavy atom. The van der Waals surface area contributed by atoms with Crippen LogP contribution in [0.25, 0.3) is 10.8 Å². The minimum absolute atomic E-state index is 0.0569. The minimum Gasteiger partial charge on any atom is -0.495 e. The zero-order valence-electron chi connectivity index (χ0n) is 19.0. The second-order valence-electron chi connectivity index (χ2n) is 7.82. The largest absolute Gasteiger partial charge is 0.495 e. The molecule has 0 spiro atoms. The molecule has 4 aromatic carbocycles. The number of anilines is 1. The number of para-hydroxylation sites is 2. The van der Waals surface area contributed by atoms with Crippen LogP contribution in [-0.4, -0.2) is 33.8 Å². The molecule has 1 amide bonds. The van der Waals surface area contributed by atoms with Crippen LogP contribution in [0.3, 0.4) is 0 Å². The van der Waals surface area contributed by atoms with E-state index in [1.54, 1.807) is 36.4 Å². The standard InChI is InChI=1S/C27H24FNO5S/c1-33-25-10-5-4-9-24(25)29-27(30)23-17-19-7-2-3-8-20(19)18-26(23)34-15-6-16-35(31,32)22-13-11-21(28)12-14-22/h2-5,7-14,17-18H,6,15-16H2,1H3,(H,29,30). The Bertz CT molecular complexity index is 1450. The van der Waals surface area contributed by atoms with Gasteiger partial charge in [0.1, 0.15) is 17.3 Å². The topological polar surface area (TPSA) is 81.7 Å². The van der Waals surface area contributed by atoms with Crippen LogP contribution in [0.5, 0.6) is 11.5 Å². The fourth-order valence-corrected chi connectivity index (χ4v) is 4.93. The van der Waals surface area contributed by atoms with Gasteiger partial charge in [-0.3, -0.25) is 4.79 Å². The number of rotatable bonds is 9. The van der Waals surface area contributed by atoms with E-state index in [0.717, 1.165) is 22.9 Å². The molecule has 0 bridgehead atoms. The van der Waals surface area contributed by atoms with E-state index in [4.69, 9.17) is 9.47 Å². The highest BCUT2D eigenvalue weighted by atomic mass is 32.2. The number of ether oxygens (including phenoxy) is 2. The summed E-state index contributed by atoms with van der Waals surface area (Å²) < 4.78 is 49.3. The summed E-state index contributed by atoms with van der Waals surface area (Å²) in [7, 11) is -2.06. The zero-order chi connectivity index (χ0) is 24.8. The van der Waals surface area contributed by atoms with Gasteiger partial charge in [-0.25, -0.2) is 12.8 Å². The van der Waals surface area contributed by atoms with Crippen LogP contribution in [0.4, 0.5) is 10.1 Å². The lowest BCUT2D eigenvalue weighted by Gasteiger charge is -2.15. The van der Waals surface area contributed by atoms with Crippen molar-refractivity contribution in [3.05, 3.63) is 96.3 Å². The second-order valence-corrected chi connectivity index (χ2v) is 9.93. The third kappa shape index (κ3) is 5.78. The third-order valence-corrected chi connectivity index (χ3v) is 7.25. The Morgan fingerprint density at radius 1 is 0.886 bits per heavy atom. The number of hydrogen-bond acceptors (Lipinski definition) is 5. The first-order valence-corrected chi connectivity index (χ1v) is 12.6. The number of carbonyl (C=O) groups excluding carboxylic acids is 1. The molecular formula is C27H24FNO5S. The maximum absolute atomic E-state index is 13.2. The van der Waals surface area contributed by atoms with Crippen LogP contribution in [0.15, 0.2) is 89.8 Å². The molecule has 0 saturated carbocycles. The Labute approximate surface area is 203 Å². The molecule has 0 unspecified atom stereocenters. The molecule has 4 rings (SSSR count). The van der Waals surface area contributed by atoms with Crippen LogP contribution >= 0.6 is 0 Å². The second kappa shape index (κ2) is 10.6. The highest BCUT2D eigenvalue weighted by Gasteiger charge is 2.18. The SMILES string of the molecule is COc1ccccc1NC(=O)c1cc2ccccc2cc1OCCCS(=O)(=O)c1ccc(F)cc1. The maximum atomic E-state index is 13.2. The summed E-state index contributed by atoms with van der Waals surface area (Å²) >= 11 is 0. The molecule has 4 aromatic rings. The van der Waals surface area contributed by atoms with Crippen molar-refractivity contribution in [1.29, 1.82) is 0 Å². The summed E-state index contributed by atoms with van der Waals surface area (Å²) in [4.78, 5) is 13.2. The summed E-state index contributed by atoms with van der Waals surface area (Å²) in [6.45, 7) is 0.0771. The first-order chi connectivity index (χ1) is 16.9. The summed E-state index contributed by atoms with van der Waals surface area (Å²) in [5, 5.41) is 4.60. The normalized spacial score (nSPS) is 11.3. The van der Waals surface area contributed by atoms with Crippen molar-refractivity contribution < 1.29 is 27.1 Å². The molecule has 8 heteroatoms. The molecule has 0 fully saturated rings. The van der Waals surface area contributed by atoms with Crippen molar-refractivity contribution in [1.82, 2.24) is 0 Å². The van der Waals surface area contributed by atoms with Crippen molar-refractivity contribution in [2.75, 3.05) is 24.8 Å². The molecular weight excluding hydrogens is 469 g/mol. The Hall–Kier alpha value is -3.91. The van der Waals surface area contributed by atoms with Crippen LogP contribution in [-0.2, 0) is 9.84 Å². The van der Waals surface area contributed by atoms with Crippen LogP contribution in [0.1, 0.15) is 16.8 Å². The van der Waals surface area contributed by atoms with E-state index < -0.39 is 15.7 Å². The average Bonchev–Trinajstić information content (AvgIpc) is 2.86. The van der Waals surface area contributed by atoms with Crippen LogP contribution in [0, 0.1) is 5.82 Å². The number of nitrogens with one attached hydrogen (secondary N) is 1. The lowest BCUT2D eigenvalue weighted by atomic mass is 10.1. The molecule has 0 aliphatic carbocycles. The van der Waals surface area contributed by atoms with Gasteiger partial charge in [-0.05, 0) is 65.7 Å². The van der Waals surface area contributed by atoms with Gasteiger partial charge in [-0.15, -0.1) is 0 Å². The predicted octanol–water partition coefficient (Wildman–Crippen LogP) is 5.48. The van der Waals surface area contributed by atoms with Crippen LogP contribution < -0.4 is 14.8 Å². The van der Waals surface area contributed by atoms with E-state index in [-0.39, 0.29) is 29.6 Å². The molecule has 0 radical (unpaired) electrons. The van der Waals surface area contributed by atoms with E-state index in [9.17, 15) is 17.6 Å². The first-order valence-electron chi connectivity index (χ1n) is 11.0. The number of methoxy groups -OCH3 is 1. The van der Waals surface area contributed by atoms with Gasteiger partial charge in [-0.2, -0.15) is 0 Å². The van der Waals surface area contributed by atoms with Gasteiger partial charge in [-0.1, -0.05) is 36.4 Å². The van der Waals surface area contributed by atoms with E-state index in [0.29, 0.717) is 22.7 Å². The van der Waals surface area contributed by atoms with Crippen LogP contribution in [0.2, 0.25) is 0 Å². The maximum Gasteiger partial charge on any atom is 0.259 e. The molecule has 0 atom stereocenters. The van der Waals surface area contributed by atoms with E-state index in [1.165, 1.54) is 19.2 Å². The van der Waals surface area contributed by atoms with Gasteiger partial charge in [0.05, 0.1) is 35.6 Å². The Morgan fingerprint density at radius 2 is 1.54 bits per heavy atom. The molecule has 6 nitrogen and oxygen atoms in total. The molecule has 0 aliphatic rings. The van der Waals surface area contributed by atoms with Gasteiger partial charge >= 0.3 is 0 Å². The molecule has 180 valence electrons. The fraction of sp³-hybridized carbons (Fsp3) is 0.148. The van der Waals surface area contributed by atoms with Crippen molar-refractivity contribution in [2.45, 2.75) is 11.3 Å². The molecule has 0 aromatic heterocycles. The number of benzene rings is 4. The first kappa shape index (κ1) is 24.2. The fourth-order valence-electron chi connectivity index (χ4n) is 3.64. The number of halogens is 1. The van der Waals surface area contributed by atoms with Gasteiger partial charge in [0.25, 0.3) is 5.91 Å². The number of fused-ring (bicyclic) bond motifs is 1. The molecule has 0 saturated heterocycles. The molecule has 0 aliphatic heterocycles. The van der Waals surface area contributed by atoms with E-state index >= 15 is 0 Å². The highest BCUT2D eigenvalue weighted by Crippen LogP contribution is 2.29. The predicted molar refractivity (Wildman–Crippen MR) is 133 cm³/mol. The van der Waals surface area contributed by atoms with E-state index in [2.05, 4.69) is 5.32 Å². The highest BCUT2D eigenvalue weighted by molar-refractivity contribution is 7.91. The molecule has 35 heavy (non-hydrogen) atoms. The number of hydrogen-bond donors (Lipinski definition) is 1. The monoisotopic (exact) mass is 493 g/mol. The summed E-state index contributed by atoms with van der Waals surface area (Å²) in [5.41, 5.74) is 0.834. The average molecular weight is 494 g/mol. The van der Waals surface area contributed by atoms with Crippen molar-refractivity contribution in [3.63, 3.8) is 0 Å². The van der Waals surface area contributed by atoms with Crippen molar-refractivity contribution >= 4 is 32.2 Å². The number of carbonyl (C=O) groups is 1. The quantitative estimate of drug-likeness (QED) is 0.247. The van der Waals surface area contributed by atoms with Crippen molar-refractivity contribution in [2.24, 2.45) is 0 Å². The smallest absolute Gasteiger partial charge is 0.259 e. The van der Waals surface area contributed by atoms with Crippen molar-refractivity contribution in [3.8, 4) is 11.5 Å². The van der Waals surface area contributed by atoms with E-state index in [1.807, 2.05) is 24.3 Å². The lowest BCUT2D eigenvalue weighted by Crippen LogP contribution is -2.15. The number of sulfone groups is 1.